The Morgan fingerprint density at radius 1 is 1.07 bits per heavy atom. The summed E-state index contributed by atoms with van der Waals surface area (Å²) >= 11 is 0. The van der Waals surface area contributed by atoms with E-state index >= 15 is 0 Å². The number of aromatic nitrogens is 3. The van der Waals surface area contributed by atoms with Gasteiger partial charge in [0.1, 0.15) is 35.6 Å². The van der Waals surface area contributed by atoms with Crippen LogP contribution >= 0.6 is 0 Å². The molecule has 45 heavy (non-hydrogen) atoms. The highest BCUT2D eigenvalue weighted by molar-refractivity contribution is 6.06. The standard InChI is InChI=1S/C33H36N4O8/c1-33(2,3)18-37-25-6-5-7-26(40)22(25)12-23(32(37)42)31(41)36-30-9-8-20(15-35-30)45-27-10-11-34-24-14-29(44-17-19(39)16-38)28(43-4)13-21(24)27/h8-15,19,38-39H,5-7,16-18H2,1-4H3,(H,35,36,41)/t19-/m1/s1. The zero-order chi connectivity index (χ0) is 32.3. The molecule has 1 aliphatic rings. The number of nitrogens with zero attached hydrogens (tertiary/aromatic N) is 3. The molecule has 1 aliphatic carbocycles. The molecular weight excluding hydrogens is 580 g/mol. The van der Waals surface area contributed by atoms with E-state index in [0.29, 0.717) is 71.0 Å². The number of aliphatic hydroxyl groups excluding tert-OH is 2. The largest absolute Gasteiger partial charge is 0.493 e. The molecule has 0 spiro atoms. The molecule has 1 atom stereocenters. The zero-order valence-electron chi connectivity index (χ0n) is 25.6. The summed E-state index contributed by atoms with van der Waals surface area (Å²) in [5.74, 6) is 1.03. The lowest BCUT2D eigenvalue weighted by Crippen LogP contribution is -2.37. The van der Waals surface area contributed by atoms with Gasteiger partial charge in [-0.3, -0.25) is 19.4 Å². The molecular formula is C33H36N4O8. The molecule has 12 heteroatoms. The van der Waals surface area contributed by atoms with Crippen LogP contribution in [0.1, 0.15) is 60.0 Å². The highest BCUT2D eigenvalue weighted by Gasteiger charge is 2.27. The second-order valence-electron chi connectivity index (χ2n) is 12.1. The van der Waals surface area contributed by atoms with E-state index in [-0.39, 0.29) is 29.2 Å². The normalized spacial score (nSPS) is 13.7. The summed E-state index contributed by atoms with van der Waals surface area (Å²) in [6, 6.07) is 9.59. The quantitative estimate of drug-likeness (QED) is 0.236. The molecule has 0 bridgehead atoms. The van der Waals surface area contributed by atoms with Gasteiger partial charge in [0, 0.05) is 41.9 Å². The van der Waals surface area contributed by atoms with Crippen molar-refractivity contribution in [2.24, 2.45) is 5.41 Å². The van der Waals surface area contributed by atoms with Crippen molar-refractivity contribution in [1.82, 2.24) is 14.5 Å². The first-order valence-electron chi connectivity index (χ1n) is 14.6. The molecule has 0 saturated carbocycles. The van der Waals surface area contributed by atoms with E-state index in [9.17, 15) is 19.5 Å². The molecule has 1 amide bonds. The van der Waals surface area contributed by atoms with Crippen LogP contribution in [-0.2, 0) is 13.0 Å². The molecule has 0 fully saturated rings. The smallest absolute Gasteiger partial charge is 0.263 e. The van der Waals surface area contributed by atoms with Crippen molar-refractivity contribution in [3.63, 3.8) is 0 Å². The number of hydrogen-bond donors (Lipinski definition) is 3. The summed E-state index contributed by atoms with van der Waals surface area (Å²) in [6.07, 6.45) is 3.63. The van der Waals surface area contributed by atoms with E-state index in [2.05, 4.69) is 15.3 Å². The van der Waals surface area contributed by atoms with Gasteiger partial charge in [0.05, 0.1) is 25.4 Å². The summed E-state index contributed by atoms with van der Waals surface area (Å²) in [5, 5.41) is 22.0. The minimum atomic E-state index is -1.04. The highest BCUT2D eigenvalue weighted by Crippen LogP contribution is 2.37. The van der Waals surface area contributed by atoms with Crippen LogP contribution in [0.25, 0.3) is 10.9 Å². The zero-order valence-corrected chi connectivity index (χ0v) is 25.6. The van der Waals surface area contributed by atoms with E-state index in [1.165, 1.54) is 19.4 Å². The van der Waals surface area contributed by atoms with Crippen molar-refractivity contribution in [3.05, 3.63) is 76.0 Å². The van der Waals surface area contributed by atoms with Crippen molar-refractivity contribution >= 4 is 28.4 Å². The molecule has 1 aromatic carbocycles. The van der Waals surface area contributed by atoms with E-state index in [1.807, 2.05) is 20.8 Å². The lowest BCUT2D eigenvalue weighted by Gasteiger charge is -2.26. The number of carbonyl (C=O) groups is 2. The fourth-order valence-electron chi connectivity index (χ4n) is 5.12. The second-order valence-corrected chi connectivity index (χ2v) is 12.1. The number of pyridine rings is 3. The van der Waals surface area contributed by atoms with Crippen molar-refractivity contribution < 1.29 is 34.0 Å². The summed E-state index contributed by atoms with van der Waals surface area (Å²) in [6.45, 7) is 5.82. The Labute approximate surface area is 259 Å². The number of rotatable bonds is 10. The van der Waals surface area contributed by atoms with Gasteiger partial charge in [-0.2, -0.15) is 0 Å². The van der Waals surface area contributed by atoms with Crippen LogP contribution in [0.3, 0.4) is 0 Å². The van der Waals surface area contributed by atoms with Crippen LogP contribution in [0, 0.1) is 5.41 Å². The summed E-state index contributed by atoms with van der Waals surface area (Å²) in [5.41, 5.74) is 0.868. The van der Waals surface area contributed by atoms with Gasteiger partial charge < -0.3 is 34.3 Å². The number of hydrogen-bond acceptors (Lipinski definition) is 10. The number of amides is 1. The van der Waals surface area contributed by atoms with Gasteiger partial charge in [-0.05, 0) is 48.6 Å². The predicted octanol–water partition coefficient (Wildman–Crippen LogP) is 4.14. The minimum Gasteiger partial charge on any atom is -0.493 e. The molecule has 4 aromatic rings. The molecule has 236 valence electrons. The Hall–Kier alpha value is -4.81. The monoisotopic (exact) mass is 616 g/mol. The Bertz CT molecular complexity index is 1790. The van der Waals surface area contributed by atoms with Crippen molar-refractivity contribution in [3.8, 4) is 23.0 Å². The number of nitrogens with one attached hydrogen (secondary N) is 1. The van der Waals surface area contributed by atoms with Gasteiger partial charge >= 0.3 is 0 Å². The van der Waals surface area contributed by atoms with Crippen molar-refractivity contribution in [2.45, 2.75) is 52.7 Å². The summed E-state index contributed by atoms with van der Waals surface area (Å²) in [7, 11) is 1.48. The van der Waals surface area contributed by atoms with Crippen LogP contribution < -0.4 is 25.1 Å². The number of methoxy groups -OCH3 is 1. The first kappa shape index (κ1) is 31.6. The van der Waals surface area contributed by atoms with Crippen LogP contribution in [0.4, 0.5) is 5.82 Å². The number of Topliss-reactive ketones (excluding diaryl/α,β-unsaturated/α-hetero) is 1. The van der Waals surface area contributed by atoms with Gasteiger partial charge in [0.2, 0.25) is 0 Å². The van der Waals surface area contributed by atoms with Crippen LogP contribution in [0.2, 0.25) is 0 Å². The fourth-order valence-corrected chi connectivity index (χ4v) is 5.12. The minimum absolute atomic E-state index is 0.0712. The van der Waals surface area contributed by atoms with Gasteiger partial charge in [-0.1, -0.05) is 20.8 Å². The average Bonchev–Trinajstić information content (AvgIpc) is 3.01. The third kappa shape index (κ3) is 7.13. The van der Waals surface area contributed by atoms with E-state index in [0.717, 1.165) is 0 Å². The first-order valence-corrected chi connectivity index (χ1v) is 14.6. The van der Waals surface area contributed by atoms with E-state index in [1.54, 1.807) is 41.1 Å². The number of ether oxygens (including phenoxy) is 3. The molecule has 0 saturated heterocycles. The lowest BCUT2D eigenvalue weighted by atomic mass is 9.91. The van der Waals surface area contributed by atoms with Gasteiger partial charge in [-0.25, -0.2) is 4.98 Å². The Balaban J connectivity index is 1.36. The van der Waals surface area contributed by atoms with E-state index in [4.69, 9.17) is 19.3 Å². The molecule has 5 rings (SSSR count). The fraction of sp³-hybridized carbons (Fsp3) is 0.364. The number of aliphatic hydroxyl groups is 2. The summed E-state index contributed by atoms with van der Waals surface area (Å²) < 4.78 is 18.7. The SMILES string of the molecule is COc1cc2c(Oc3ccc(NC(=O)c4cc5c(n(CC(C)(C)C)c4=O)CCCC5=O)nc3)ccnc2cc1OC[C@H](O)CO. The predicted molar refractivity (Wildman–Crippen MR) is 167 cm³/mol. The number of fused-ring (bicyclic) bond motifs is 2. The Morgan fingerprint density at radius 3 is 2.56 bits per heavy atom. The topological polar surface area (TPSA) is 162 Å². The second kappa shape index (κ2) is 13.0. The maximum atomic E-state index is 13.5. The Kier molecular flexibility index (Phi) is 9.16. The number of ketones is 1. The average molecular weight is 617 g/mol. The van der Waals surface area contributed by atoms with Crippen LogP contribution in [-0.4, -0.2) is 62.9 Å². The maximum Gasteiger partial charge on any atom is 0.263 e. The number of carbonyl (C=O) groups excluding carboxylic acids is 2. The van der Waals surface area contributed by atoms with Gasteiger partial charge in [-0.15, -0.1) is 0 Å². The third-order valence-electron chi connectivity index (χ3n) is 7.23. The molecule has 3 heterocycles. The molecule has 0 unspecified atom stereocenters. The Morgan fingerprint density at radius 2 is 1.87 bits per heavy atom. The lowest BCUT2D eigenvalue weighted by molar-refractivity contribution is 0.0528. The number of anilines is 1. The highest BCUT2D eigenvalue weighted by atomic mass is 16.5. The first-order chi connectivity index (χ1) is 21.5. The number of benzene rings is 1. The molecule has 3 N–H and O–H groups in total. The van der Waals surface area contributed by atoms with Crippen molar-refractivity contribution in [1.29, 1.82) is 0 Å². The van der Waals surface area contributed by atoms with Gasteiger partial charge in [0.25, 0.3) is 11.5 Å². The maximum absolute atomic E-state index is 13.5. The van der Waals surface area contributed by atoms with Crippen LogP contribution in [0.15, 0.2) is 53.6 Å². The van der Waals surface area contributed by atoms with Gasteiger partial charge in [0.15, 0.2) is 17.3 Å². The molecule has 3 aromatic heterocycles. The molecule has 0 aliphatic heterocycles. The molecule has 12 nitrogen and oxygen atoms in total. The molecule has 0 radical (unpaired) electrons. The van der Waals surface area contributed by atoms with E-state index < -0.39 is 24.2 Å². The van der Waals surface area contributed by atoms with Crippen LogP contribution in [0.5, 0.6) is 23.0 Å². The summed E-state index contributed by atoms with van der Waals surface area (Å²) in [4.78, 5) is 48.2. The van der Waals surface area contributed by atoms with Crippen molar-refractivity contribution in [2.75, 3.05) is 25.6 Å². The third-order valence-corrected chi connectivity index (χ3v) is 7.23.